The summed E-state index contributed by atoms with van der Waals surface area (Å²) in [5.74, 6) is 0.0511. The molecule has 0 N–H and O–H groups in total. The number of hydrogen-bond acceptors (Lipinski definition) is 5. The zero-order chi connectivity index (χ0) is 22.7. The average Bonchev–Trinajstić information content (AvgIpc) is 3.14. The van der Waals surface area contributed by atoms with Crippen molar-refractivity contribution < 1.29 is 18.5 Å². The van der Waals surface area contributed by atoms with Gasteiger partial charge in [0, 0.05) is 42.3 Å². The molecule has 168 valence electrons. The molecule has 2 fully saturated rings. The molecule has 1 saturated carbocycles. The van der Waals surface area contributed by atoms with Crippen molar-refractivity contribution in [3.63, 3.8) is 0 Å². The number of amides is 2. The fraction of sp³-hybridized carbons (Fsp3) is 0.346. The molecular weight excluding hydrogens is 421 g/mol. The molecule has 6 rings (SSSR count). The number of piperidine rings is 1. The van der Waals surface area contributed by atoms with Gasteiger partial charge in [-0.3, -0.25) is 14.5 Å². The quantitative estimate of drug-likeness (QED) is 0.434. The maximum atomic E-state index is 13.4. The fourth-order valence-electron chi connectivity index (χ4n) is 5.43. The first-order valence-electron chi connectivity index (χ1n) is 11.4. The maximum Gasteiger partial charge on any atom is 0.261 e. The molecule has 6 nitrogen and oxygen atoms in total. The number of nitrogens with zero attached hydrogens (tertiary/aromatic N) is 3. The zero-order valence-electron chi connectivity index (χ0n) is 18.2. The van der Waals surface area contributed by atoms with E-state index >= 15 is 0 Å². The van der Waals surface area contributed by atoms with E-state index in [2.05, 4.69) is 16.6 Å². The molecule has 3 aromatic rings. The van der Waals surface area contributed by atoms with E-state index in [-0.39, 0.29) is 23.5 Å². The van der Waals surface area contributed by atoms with Crippen LogP contribution in [0, 0.1) is 17.7 Å². The minimum absolute atomic E-state index is 0.166. The molecule has 0 spiro atoms. The van der Waals surface area contributed by atoms with Crippen LogP contribution in [0.15, 0.2) is 59.1 Å². The smallest absolute Gasteiger partial charge is 0.261 e. The molecule has 1 aliphatic carbocycles. The van der Waals surface area contributed by atoms with Gasteiger partial charge in [0.1, 0.15) is 5.82 Å². The van der Waals surface area contributed by atoms with Crippen LogP contribution in [0.2, 0.25) is 0 Å². The number of hydrogen-bond donors (Lipinski definition) is 0. The van der Waals surface area contributed by atoms with Gasteiger partial charge in [0.25, 0.3) is 11.8 Å². The number of imide groups is 1. The summed E-state index contributed by atoms with van der Waals surface area (Å²) in [4.78, 5) is 29.1. The lowest BCUT2D eigenvalue weighted by atomic mass is 9.91. The predicted molar refractivity (Wildman–Crippen MR) is 120 cm³/mol. The Kier molecular flexibility index (Phi) is 4.69. The Morgan fingerprint density at radius 2 is 1.67 bits per heavy atom. The first-order chi connectivity index (χ1) is 16.0. The third kappa shape index (κ3) is 3.38. The van der Waals surface area contributed by atoms with Crippen molar-refractivity contribution in [3.05, 3.63) is 77.3 Å². The van der Waals surface area contributed by atoms with Crippen LogP contribution in [0.3, 0.4) is 0 Å². The largest absolute Gasteiger partial charge is 0.356 e. The summed E-state index contributed by atoms with van der Waals surface area (Å²) < 4.78 is 18.8. The normalized spacial score (nSPS) is 23.5. The second-order valence-corrected chi connectivity index (χ2v) is 9.34. The third-order valence-electron chi connectivity index (χ3n) is 7.48. The molecular formula is C26H24FN3O3. The van der Waals surface area contributed by atoms with E-state index in [0.29, 0.717) is 35.1 Å². The Bertz CT molecular complexity index is 1260. The van der Waals surface area contributed by atoms with Gasteiger partial charge < -0.3 is 9.42 Å². The van der Waals surface area contributed by atoms with E-state index < -0.39 is 0 Å². The molecule has 3 heterocycles. The zero-order valence-corrected chi connectivity index (χ0v) is 18.2. The second-order valence-electron chi connectivity index (χ2n) is 9.34. The Hall–Kier alpha value is -3.32. The summed E-state index contributed by atoms with van der Waals surface area (Å²) in [6, 6.07) is 11.6. The Morgan fingerprint density at radius 3 is 2.36 bits per heavy atom. The number of likely N-dealkylation sites (tertiary alicyclic amines) is 1. The van der Waals surface area contributed by atoms with Crippen molar-refractivity contribution in [2.75, 3.05) is 26.2 Å². The molecule has 33 heavy (non-hydrogen) atoms. The van der Waals surface area contributed by atoms with E-state index in [1.54, 1.807) is 30.3 Å². The van der Waals surface area contributed by atoms with Crippen LogP contribution < -0.4 is 0 Å². The van der Waals surface area contributed by atoms with Crippen LogP contribution in [0.25, 0.3) is 11.0 Å². The molecule has 1 saturated heterocycles. The number of carbonyl (C=O) groups excluding carboxylic acids is 2. The lowest BCUT2D eigenvalue weighted by Crippen LogP contribution is -2.36. The summed E-state index contributed by atoms with van der Waals surface area (Å²) in [6.07, 6.45) is 1.92. The Labute approximate surface area is 190 Å². The number of aromatic nitrogens is 1. The Balaban J connectivity index is 1.05. The van der Waals surface area contributed by atoms with Gasteiger partial charge in [0.15, 0.2) is 5.58 Å². The lowest BCUT2D eigenvalue weighted by Gasteiger charge is -2.31. The van der Waals surface area contributed by atoms with Crippen molar-refractivity contribution in [2.45, 2.75) is 18.8 Å². The van der Waals surface area contributed by atoms with Gasteiger partial charge >= 0.3 is 0 Å². The minimum Gasteiger partial charge on any atom is -0.356 e. The topological polar surface area (TPSA) is 66.7 Å². The summed E-state index contributed by atoms with van der Waals surface area (Å²) in [6.45, 7) is 7.38. The van der Waals surface area contributed by atoms with Gasteiger partial charge in [0.2, 0.25) is 0 Å². The number of fused-ring (bicyclic) bond motifs is 2. The molecule has 0 bridgehead atoms. The van der Waals surface area contributed by atoms with Gasteiger partial charge in [0.05, 0.1) is 16.8 Å². The second kappa shape index (κ2) is 7.63. The van der Waals surface area contributed by atoms with E-state index in [1.807, 2.05) is 0 Å². The fourth-order valence-corrected chi connectivity index (χ4v) is 5.43. The molecule has 2 aromatic carbocycles. The molecule has 2 amide bonds. The highest BCUT2D eigenvalue weighted by Crippen LogP contribution is 2.46. The molecule has 2 unspecified atom stereocenters. The van der Waals surface area contributed by atoms with Gasteiger partial charge in [-0.25, -0.2) is 4.39 Å². The van der Waals surface area contributed by atoms with Crippen LogP contribution in [0.5, 0.6) is 0 Å². The molecule has 2 aliphatic heterocycles. The standard InChI is InChI=1S/C26H24FN3O3/c1-15-21(22(15)14-30-25(31)18-4-2-3-5-19(18)26(30)32)13-29-10-8-16(9-11-29)24-20-7-6-17(27)12-23(20)33-28-24/h2-7,12,16,21-22H,1,8-11,13-14H2. The van der Waals surface area contributed by atoms with Crippen LogP contribution in [0.4, 0.5) is 4.39 Å². The van der Waals surface area contributed by atoms with Crippen LogP contribution in [-0.4, -0.2) is 52.9 Å². The molecule has 1 aromatic heterocycles. The maximum absolute atomic E-state index is 13.4. The summed E-state index contributed by atoms with van der Waals surface area (Å²) >= 11 is 0. The highest BCUT2D eigenvalue weighted by Gasteiger charge is 2.47. The van der Waals surface area contributed by atoms with Gasteiger partial charge in [-0.15, -0.1) is 0 Å². The van der Waals surface area contributed by atoms with Crippen LogP contribution in [0.1, 0.15) is 45.2 Å². The van der Waals surface area contributed by atoms with Crippen molar-refractivity contribution in [2.24, 2.45) is 11.8 Å². The van der Waals surface area contributed by atoms with Crippen molar-refractivity contribution in [1.29, 1.82) is 0 Å². The Morgan fingerprint density at radius 1 is 1.00 bits per heavy atom. The van der Waals surface area contributed by atoms with Crippen molar-refractivity contribution in [1.82, 2.24) is 15.0 Å². The van der Waals surface area contributed by atoms with Gasteiger partial charge in [-0.2, -0.15) is 0 Å². The number of benzene rings is 2. The predicted octanol–water partition coefficient (Wildman–Crippen LogP) is 4.24. The number of carbonyl (C=O) groups is 2. The van der Waals surface area contributed by atoms with Crippen LogP contribution >= 0.6 is 0 Å². The van der Waals surface area contributed by atoms with Gasteiger partial charge in [-0.05, 0) is 50.2 Å². The van der Waals surface area contributed by atoms with Gasteiger partial charge in [-0.1, -0.05) is 29.4 Å². The first-order valence-corrected chi connectivity index (χ1v) is 11.4. The SMILES string of the molecule is C=C1C(CN2CCC(c3noc4cc(F)ccc34)CC2)C1CN1C(=O)c2ccccc2C1=O. The first kappa shape index (κ1) is 20.3. The van der Waals surface area contributed by atoms with Crippen molar-refractivity contribution in [3.8, 4) is 0 Å². The lowest BCUT2D eigenvalue weighted by molar-refractivity contribution is 0.0644. The highest BCUT2D eigenvalue weighted by molar-refractivity contribution is 6.21. The van der Waals surface area contributed by atoms with E-state index in [1.165, 1.54) is 17.0 Å². The van der Waals surface area contributed by atoms with E-state index in [9.17, 15) is 14.0 Å². The summed E-state index contributed by atoms with van der Waals surface area (Å²) in [5.41, 5.74) is 3.53. The third-order valence-corrected chi connectivity index (χ3v) is 7.48. The van der Waals surface area contributed by atoms with Crippen molar-refractivity contribution >= 4 is 22.8 Å². The molecule has 0 radical (unpaired) electrons. The summed E-state index contributed by atoms with van der Waals surface area (Å²) in [7, 11) is 0. The minimum atomic E-state index is -0.319. The number of halogens is 1. The average molecular weight is 445 g/mol. The highest BCUT2D eigenvalue weighted by atomic mass is 19.1. The molecule has 7 heteroatoms. The van der Waals surface area contributed by atoms with Crippen LogP contribution in [-0.2, 0) is 0 Å². The van der Waals surface area contributed by atoms with E-state index in [4.69, 9.17) is 4.52 Å². The summed E-state index contributed by atoms with van der Waals surface area (Å²) in [5, 5.41) is 5.12. The molecule has 2 atom stereocenters. The molecule has 3 aliphatic rings. The number of rotatable bonds is 5. The van der Waals surface area contributed by atoms with E-state index in [0.717, 1.165) is 49.1 Å². The monoisotopic (exact) mass is 445 g/mol.